The molecule has 0 fully saturated rings. The number of hydrogen-bond donors (Lipinski definition) is 1. The first kappa shape index (κ1) is 28.1. The van der Waals surface area contributed by atoms with E-state index in [1.165, 1.54) is 16.7 Å². The minimum absolute atomic E-state index is 0.00592. The summed E-state index contributed by atoms with van der Waals surface area (Å²) in [7, 11) is 7.70. The quantitative estimate of drug-likeness (QED) is 0.279. The van der Waals surface area contributed by atoms with Gasteiger partial charge in [0.15, 0.2) is 23.0 Å². The number of likely N-dealkylation sites (N-methyl/N-ethyl adjacent to an activating group) is 2. The minimum Gasteiger partial charge on any atom is -0.507 e. The first-order valence-corrected chi connectivity index (χ1v) is 15.7. The van der Waals surface area contributed by atoms with Crippen LogP contribution >= 0.6 is 0 Å². The molecule has 232 valence electrons. The van der Waals surface area contributed by atoms with E-state index in [-0.39, 0.29) is 24.6 Å². The Morgan fingerprint density at radius 1 is 0.711 bits per heavy atom. The molecular formula is C37H38N2O6. The Labute approximate surface area is 263 Å². The zero-order valence-electron chi connectivity index (χ0n) is 26.2. The van der Waals surface area contributed by atoms with E-state index in [1.807, 2.05) is 18.2 Å². The number of hydrogen-bond acceptors (Lipinski definition) is 8. The highest BCUT2D eigenvalue weighted by Crippen LogP contribution is 2.53. The Balaban J connectivity index is 1.41. The SMILES string of the molecule is COc1ccc2cc1-c1cc(ccc1O)C[C@@H]1c3cc4c(cc3CCN1C)OCOc1c(OC)cc3c(c1O4)[C@H](C2)N(C)CC3. The second-order valence-corrected chi connectivity index (χ2v) is 12.6. The lowest BCUT2D eigenvalue weighted by Gasteiger charge is -2.38. The molecular weight excluding hydrogens is 568 g/mol. The van der Waals surface area contributed by atoms with Crippen molar-refractivity contribution in [3.05, 3.63) is 88.0 Å². The largest absolute Gasteiger partial charge is 0.507 e. The molecule has 0 radical (unpaired) electrons. The van der Waals surface area contributed by atoms with Gasteiger partial charge in [0.05, 0.1) is 14.2 Å². The maximum absolute atomic E-state index is 11.2. The summed E-state index contributed by atoms with van der Waals surface area (Å²) in [5.41, 5.74) is 8.69. The highest BCUT2D eigenvalue weighted by molar-refractivity contribution is 5.77. The van der Waals surface area contributed by atoms with Crippen molar-refractivity contribution in [3.8, 4) is 51.4 Å². The van der Waals surface area contributed by atoms with Crippen molar-refractivity contribution >= 4 is 0 Å². The van der Waals surface area contributed by atoms with Gasteiger partial charge in [0.25, 0.3) is 0 Å². The number of ether oxygens (including phenoxy) is 5. The van der Waals surface area contributed by atoms with Gasteiger partial charge in [-0.25, -0.2) is 0 Å². The lowest BCUT2D eigenvalue weighted by atomic mass is 9.86. The Bertz CT molecular complexity index is 1820. The Hall–Kier alpha value is -4.40. The lowest BCUT2D eigenvalue weighted by Crippen LogP contribution is -2.34. The summed E-state index contributed by atoms with van der Waals surface area (Å²) >= 11 is 0. The van der Waals surface area contributed by atoms with Crippen molar-refractivity contribution in [2.24, 2.45) is 0 Å². The third-order valence-electron chi connectivity index (χ3n) is 10.1. The summed E-state index contributed by atoms with van der Waals surface area (Å²) < 4.78 is 31.2. The van der Waals surface area contributed by atoms with E-state index in [0.29, 0.717) is 28.7 Å². The molecule has 0 saturated heterocycles. The van der Waals surface area contributed by atoms with Gasteiger partial charge in [0.2, 0.25) is 12.5 Å². The maximum atomic E-state index is 11.2. The van der Waals surface area contributed by atoms with Crippen LogP contribution in [0.3, 0.4) is 0 Å². The fourth-order valence-electron chi connectivity index (χ4n) is 7.59. The number of phenols is 1. The van der Waals surface area contributed by atoms with Gasteiger partial charge in [-0.05, 0) is 110 Å². The molecule has 0 saturated carbocycles. The Morgan fingerprint density at radius 2 is 1.42 bits per heavy atom. The van der Waals surface area contributed by atoms with Crippen molar-refractivity contribution in [2.45, 2.75) is 37.8 Å². The summed E-state index contributed by atoms with van der Waals surface area (Å²) in [6.45, 7) is 1.88. The zero-order valence-corrected chi connectivity index (χ0v) is 26.2. The maximum Gasteiger partial charge on any atom is 0.231 e. The van der Waals surface area contributed by atoms with Crippen molar-refractivity contribution in [2.75, 3.05) is 48.2 Å². The van der Waals surface area contributed by atoms with Crippen LogP contribution < -0.4 is 23.7 Å². The average Bonchev–Trinajstić information content (AvgIpc) is 3.03. The molecule has 45 heavy (non-hydrogen) atoms. The van der Waals surface area contributed by atoms with E-state index in [1.54, 1.807) is 14.2 Å². The van der Waals surface area contributed by atoms with Crippen LogP contribution in [-0.4, -0.2) is 63.1 Å². The van der Waals surface area contributed by atoms with Crippen molar-refractivity contribution in [3.63, 3.8) is 0 Å². The topological polar surface area (TPSA) is 72.9 Å². The molecule has 4 aromatic carbocycles. The summed E-state index contributed by atoms with van der Waals surface area (Å²) in [6.07, 6.45) is 3.28. The van der Waals surface area contributed by atoms with Gasteiger partial charge in [-0.1, -0.05) is 12.1 Å². The molecule has 0 spiro atoms. The number of nitrogens with zero attached hydrogens (tertiary/aromatic N) is 2. The molecule has 8 nitrogen and oxygen atoms in total. The third kappa shape index (κ3) is 4.66. The van der Waals surface area contributed by atoms with Crippen LogP contribution in [0.15, 0.2) is 54.6 Å². The molecule has 4 aliphatic heterocycles. The predicted molar refractivity (Wildman–Crippen MR) is 171 cm³/mol. The second-order valence-electron chi connectivity index (χ2n) is 12.6. The number of rotatable bonds is 2. The Morgan fingerprint density at radius 3 is 2.22 bits per heavy atom. The molecule has 0 unspecified atom stereocenters. The van der Waals surface area contributed by atoms with Gasteiger partial charge in [-0.2, -0.15) is 0 Å². The molecule has 7 bridgehead atoms. The van der Waals surface area contributed by atoms with E-state index >= 15 is 0 Å². The van der Waals surface area contributed by atoms with Gasteiger partial charge in [-0.3, -0.25) is 9.80 Å². The highest BCUT2D eigenvalue weighted by atomic mass is 16.7. The van der Waals surface area contributed by atoms with Crippen LogP contribution in [0, 0.1) is 0 Å². The molecule has 0 amide bonds. The molecule has 0 aliphatic carbocycles. The van der Waals surface area contributed by atoms with E-state index in [0.717, 1.165) is 72.3 Å². The number of benzene rings is 4. The van der Waals surface area contributed by atoms with E-state index in [4.69, 9.17) is 23.7 Å². The molecule has 2 atom stereocenters. The monoisotopic (exact) mass is 606 g/mol. The van der Waals surface area contributed by atoms with Crippen LogP contribution in [0.2, 0.25) is 0 Å². The average molecular weight is 607 g/mol. The van der Waals surface area contributed by atoms with Gasteiger partial charge in [0.1, 0.15) is 11.5 Å². The van der Waals surface area contributed by atoms with E-state index in [2.05, 4.69) is 60.3 Å². The minimum atomic E-state index is 0.00592. The number of methoxy groups -OCH3 is 2. The molecule has 4 aromatic rings. The number of fused-ring (bicyclic) bond motifs is 5. The van der Waals surface area contributed by atoms with E-state index < -0.39 is 0 Å². The van der Waals surface area contributed by atoms with Crippen LogP contribution in [0.25, 0.3) is 11.1 Å². The van der Waals surface area contributed by atoms with Gasteiger partial charge in [0, 0.05) is 41.9 Å². The van der Waals surface area contributed by atoms with Crippen LogP contribution in [0.4, 0.5) is 0 Å². The lowest BCUT2D eigenvalue weighted by molar-refractivity contribution is 0.101. The normalized spacial score (nSPS) is 20.3. The molecule has 4 aliphatic rings. The fourth-order valence-corrected chi connectivity index (χ4v) is 7.59. The van der Waals surface area contributed by atoms with Crippen LogP contribution in [0.1, 0.15) is 45.5 Å². The molecule has 4 heterocycles. The predicted octanol–water partition coefficient (Wildman–Crippen LogP) is 6.45. The third-order valence-corrected chi connectivity index (χ3v) is 10.1. The van der Waals surface area contributed by atoms with Gasteiger partial charge < -0.3 is 28.8 Å². The first-order valence-electron chi connectivity index (χ1n) is 15.7. The summed E-state index contributed by atoms with van der Waals surface area (Å²) in [5, 5.41) is 11.2. The highest BCUT2D eigenvalue weighted by Gasteiger charge is 2.36. The molecule has 1 N–H and O–H groups in total. The van der Waals surface area contributed by atoms with Crippen LogP contribution in [0.5, 0.6) is 40.2 Å². The summed E-state index contributed by atoms with van der Waals surface area (Å²) in [4.78, 5) is 4.79. The standard InChI is InChI=1S/C37H38N2O6/c1-38-11-9-23-17-32-33-19-25(23)28(38)15-21-5-7-30(40)26(13-21)27-14-22(6-8-31(27)41-3)16-29-35-24(10-12-39(29)2)18-34(42-4)36(37(35)45-33)44-20-43-32/h5-8,13-14,17-19,28-29,40H,9-12,15-16,20H2,1-4H3/t28-,29+/m1/s1. The summed E-state index contributed by atoms with van der Waals surface area (Å²) in [6, 6.07) is 18.8. The van der Waals surface area contributed by atoms with Crippen molar-refractivity contribution in [1.82, 2.24) is 9.80 Å². The smallest absolute Gasteiger partial charge is 0.231 e. The second kappa shape index (κ2) is 10.9. The number of phenolic OH excluding ortho intramolecular Hbond substituents is 1. The number of aromatic hydroxyl groups is 1. The molecule has 8 heteroatoms. The van der Waals surface area contributed by atoms with Gasteiger partial charge in [-0.15, -0.1) is 0 Å². The van der Waals surface area contributed by atoms with Crippen molar-refractivity contribution < 1.29 is 28.8 Å². The summed E-state index contributed by atoms with van der Waals surface area (Å²) in [5.74, 6) is 4.24. The van der Waals surface area contributed by atoms with Crippen molar-refractivity contribution in [1.29, 1.82) is 0 Å². The Kier molecular flexibility index (Phi) is 6.80. The first-order chi connectivity index (χ1) is 21.9. The van der Waals surface area contributed by atoms with Gasteiger partial charge >= 0.3 is 0 Å². The molecule has 8 rings (SSSR count). The van der Waals surface area contributed by atoms with Crippen LogP contribution in [-0.2, 0) is 25.7 Å². The fraction of sp³-hybridized carbons (Fsp3) is 0.351. The van der Waals surface area contributed by atoms with E-state index in [9.17, 15) is 5.11 Å². The zero-order chi connectivity index (χ0) is 30.8. The molecule has 0 aromatic heterocycles.